The van der Waals surface area contributed by atoms with Gasteiger partial charge in [-0.1, -0.05) is 26.0 Å². The highest BCUT2D eigenvalue weighted by molar-refractivity contribution is 6.17. The smallest absolute Gasteiger partial charge is 0.0363 e. The van der Waals surface area contributed by atoms with E-state index in [2.05, 4.69) is 50.1 Å². The predicted octanol–water partition coefficient (Wildman–Crippen LogP) is 3.95. The molecular formula is C14H22ClN. The van der Waals surface area contributed by atoms with Crippen LogP contribution in [0.4, 0.5) is 5.69 Å². The summed E-state index contributed by atoms with van der Waals surface area (Å²) in [5.41, 5.74) is 2.70. The van der Waals surface area contributed by atoms with Gasteiger partial charge < -0.3 is 4.90 Å². The van der Waals surface area contributed by atoms with E-state index >= 15 is 0 Å². The second kappa shape index (κ2) is 6.80. The summed E-state index contributed by atoms with van der Waals surface area (Å²) in [7, 11) is 2.12. The van der Waals surface area contributed by atoms with E-state index in [0.29, 0.717) is 0 Å². The van der Waals surface area contributed by atoms with Gasteiger partial charge in [-0.2, -0.15) is 0 Å². The second-order valence-corrected chi connectivity index (χ2v) is 5.11. The number of halogens is 1. The van der Waals surface area contributed by atoms with Crippen molar-refractivity contribution >= 4 is 17.3 Å². The van der Waals surface area contributed by atoms with Gasteiger partial charge in [-0.3, -0.25) is 0 Å². The second-order valence-electron chi connectivity index (χ2n) is 4.73. The third kappa shape index (κ3) is 4.44. The maximum Gasteiger partial charge on any atom is 0.0363 e. The van der Waals surface area contributed by atoms with E-state index in [1.54, 1.807) is 0 Å². The predicted molar refractivity (Wildman–Crippen MR) is 73.6 cm³/mol. The Morgan fingerprint density at radius 2 is 1.81 bits per heavy atom. The quantitative estimate of drug-likeness (QED) is 0.680. The molecular weight excluding hydrogens is 218 g/mol. The minimum absolute atomic E-state index is 0.722. The minimum Gasteiger partial charge on any atom is -0.375 e. The monoisotopic (exact) mass is 239 g/mol. The van der Waals surface area contributed by atoms with Gasteiger partial charge in [0.1, 0.15) is 0 Å². The normalized spacial score (nSPS) is 10.8. The summed E-state index contributed by atoms with van der Waals surface area (Å²) in [6.45, 7) is 5.52. The van der Waals surface area contributed by atoms with E-state index in [-0.39, 0.29) is 0 Å². The molecule has 0 spiro atoms. The molecule has 0 saturated heterocycles. The molecule has 0 aliphatic rings. The number of alkyl halides is 1. The maximum atomic E-state index is 5.69. The van der Waals surface area contributed by atoms with Crippen LogP contribution >= 0.6 is 11.6 Å². The van der Waals surface area contributed by atoms with E-state index in [9.17, 15) is 0 Å². The topological polar surface area (TPSA) is 3.24 Å². The van der Waals surface area contributed by atoms with E-state index in [1.165, 1.54) is 11.3 Å². The van der Waals surface area contributed by atoms with Crippen LogP contribution in [-0.4, -0.2) is 19.5 Å². The summed E-state index contributed by atoms with van der Waals surface area (Å²) >= 11 is 5.69. The van der Waals surface area contributed by atoms with Gasteiger partial charge in [0.25, 0.3) is 0 Å². The Morgan fingerprint density at radius 3 is 2.31 bits per heavy atom. The first-order valence-corrected chi connectivity index (χ1v) is 6.53. The van der Waals surface area contributed by atoms with Crippen molar-refractivity contribution in [3.05, 3.63) is 29.8 Å². The van der Waals surface area contributed by atoms with Crippen LogP contribution in [-0.2, 0) is 6.42 Å². The third-order valence-corrected chi connectivity index (χ3v) is 2.92. The van der Waals surface area contributed by atoms with E-state index < -0.39 is 0 Å². The zero-order valence-electron chi connectivity index (χ0n) is 10.5. The number of anilines is 1. The van der Waals surface area contributed by atoms with Crippen LogP contribution < -0.4 is 4.90 Å². The van der Waals surface area contributed by atoms with Crippen molar-refractivity contribution in [1.82, 2.24) is 0 Å². The van der Waals surface area contributed by atoms with Crippen LogP contribution in [0.25, 0.3) is 0 Å². The van der Waals surface area contributed by atoms with Gasteiger partial charge in [0, 0.05) is 25.2 Å². The third-order valence-electron chi connectivity index (χ3n) is 2.65. The van der Waals surface area contributed by atoms with Gasteiger partial charge in [0.05, 0.1) is 0 Å². The molecule has 0 aliphatic heterocycles. The molecule has 0 N–H and O–H groups in total. The Balaban J connectivity index is 2.56. The lowest BCUT2D eigenvalue weighted by Crippen LogP contribution is -2.18. The van der Waals surface area contributed by atoms with Gasteiger partial charge in [0.2, 0.25) is 0 Å². The van der Waals surface area contributed by atoms with Crippen molar-refractivity contribution in [2.24, 2.45) is 5.92 Å². The van der Waals surface area contributed by atoms with Crippen molar-refractivity contribution in [3.8, 4) is 0 Å². The summed E-state index contributed by atoms with van der Waals surface area (Å²) in [6, 6.07) is 8.86. The fourth-order valence-electron chi connectivity index (χ4n) is 1.78. The summed E-state index contributed by atoms with van der Waals surface area (Å²) in [5.74, 6) is 1.45. The summed E-state index contributed by atoms with van der Waals surface area (Å²) in [4.78, 5) is 2.25. The first-order valence-electron chi connectivity index (χ1n) is 5.99. The number of rotatable bonds is 6. The van der Waals surface area contributed by atoms with E-state index in [4.69, 9.17) is 11.6 Å². The van der Waals surface area contributed by atoms with Crippen molar-refractivity contribution < 1.29 is 0 Å². The molecule has 0 saturated carbocycles. The molecule has 0 bridgehead atoms. The highest BCUT2D eigenvalue weighted by Crippen LogP contribution is 2.16. The molecule has 0 amide bonds. The largest absolute Gasteiger partial charge is 0.375 e. The molecule has 16 heavy (non-hydrogen) atoms. The van der Waals surface area contributed by atoms with Gasteiger partial charge in [-0.05, 0) is 36.5 Å². The van der Waals surface area contributed by atoms with Crippen molar-refractivity contribution in [2.75, 3.05) is 24.4 Å². The summed E-state index contributed by atoms with van der Waals surface area (Å²) in [5, 5.41) is 0. The van der Waals surface area contributed by atoms with E-state index in [1.807, 2.05) is 0 Å². The minimum atomic E-state index is 0.722. The van der Waals surface area contributed by atoms with Crippen LogP contribution in [0.5, 0.6) is 0 Å². The van der Waals surface area contributed by atoms with Crippen LogP contribution in [0.15, 0.2) is 24.3 Å². The zero-order valence-corrected chi connectivity index (χ0v) is 11.3. The lowest BCUT2D eigenvalue weighted by molar-refractivity contribution is 0.647. The van der Waals surface area contributed by atoms with Gasteiger partial charge >= 0.3 is 0 Å². The fourth-order valence-corrected chi connectivity index (χ4v) is 1.90. The first-order chi connectivity index (χ1) is 7.63. The van der Waals surface area contributed by atoms with Crippen LogP contribution in [0, 0.1) is 5.92 Å². The van der Waals surface area contributed by atoms with Crippen molar-refractivity contribution in [2.45, 2.75) is 26.7 Å². The molecule has 1 nitrogen and oxygen atoms in total. The fraction of sp³-hybridized carbons (Fsp3) is 0.571. The van der Waals surface area contributed by atoms with Gasteiger partial charge in [0.15, 0.2) is 0 Å². The molecule has 0 radical (unpaired) electrons. The Labute approximate surface area is 104 Å². The van der Waals surface area contributed by atoms with Crippen molar-refractivity contribution in [3.63, 3.8) is 0 Å². The lowest BCUT2D eigenvalue weighted by Gasteiger charge is -2.19. The molecule has 2 heteroatoms. The Kier molecular flexibility index (Phi) is 5.68. The molecule has 1 aromatic rings. The van der Waals surface area contributed by atoms with Crippen molar-refractivity contribution in [1.29, 1.82) is 0 Å². The highest BCUT2D eigenvalue weighted by atomic mass is 35.5. The molecule has 90 valence electrons. The number of benzene rings is 1. The Morgan fingerprint density at radius 1 is 1.19 bits per heavy atom. The molecule has 0 fully saturated rings. The SMILES string of the molecule is CC(C)Cc1ccc(N(C)CCCCl)cc1. The van der Waals surface area contributed by atoms with E-state index in [0.717, 1.165) is 31.2 Å². The Bertz CT molecular complexity index is 292. The maximum absolute atomic E-state index is 5.69. The molecule has 0 unspecified atom stereocenters. The zero-order chi connectivity index (χ0) is 12.0. The van der Waals surface area contributed by atoms with Crippen LogP contribution in [0.2, 0.25) is 0 Å². The van der Waals surface area contributed by atoms with Gasteiger partial charge in [-0.25, -0.2) is 0 Å². The molecule has 1 aromatic carbocycles. The lowest BCUT2D eigenvalue weighted by atomic mass is 10.0. The first kappa shape index (κ1) is 13.4. The Hall–Kier alpha value is -0.690. The standard InChI is InChI=1S/C14H22ClN/c1-12(2)11-13-5-7-14(8-6-13)16(3)10-4-9-15/h5-8,12H,4,9-11H2,1-3H3. The molecule has 0 heterocycles. The van der Waals surface area contributed by atoms with Gasteiger partial charge in [-0.15, -0.1) is 11.6 Å². The molecule has 0 aliphatic carbocycles. The molecule has 1 rings (SSSR count). The number of nitrogens with zero attached hydrogens (tertiary/aromatic N) is 1. The molecule has 0 aromatic heterocycles. The number of hydrogen-bond acceptors (Lipinski definition) is 1. The number of hydrogen-bond donors (Lipinski definition) is 0. The van der Waals surface area contributed by atoms with Crippen LogP contribution in [0.1, 0.15) is 25.8 Å². The summed E-state index contributed by atoms with van der Waals surface area (Å²) < 4.78 is 0. The summed E-state index contributed by atoms with van der Waals surface area (Å²) in [6.07, 6.45) is 2.19. The average Bonchev–Trinajstić information content (AvgIpc) is 2.26. The average molecular weight is 240 g/mol. The van der Waals surface area contributed by atoms with Crippen LogP contribution in [0.3, 0.4) is 0 Å². The molecule has 0 atom stereocenters. The highest BCUT2D eigenvalue weighted by Gasteiger charge is 2.01.